The van der Waals surface area contributed by atoms with E-state index < -0.39 is 5.54 Å². The summed E-state index contributed by atoms with van der Waals surface area (Å²) in [6, 6.07) is 13.5. The summed E-state index contributed by atoms with van der Waals surface area (Å²) in [5.74, 6) is 0.528. The van der Waals surface area contributed by atoms with Gasteiger partial charge >= 0.3 is 0 Å². The molecule has 2 heterocycles. The van der Waals surface area contributed by atoms with Crippen molar-refractivity contribution in [3.63, 3.8) is 0 Å². The van der Waals surface area contributed by atoms with E-state index in [1.165, 1.54) is 0 Å². The number of carbonyl (C=O) groups is 1. The summed E-state index contributed by atoms with van der Waals surface area (Å²) >= 11 is 0. The van der Waals surface area contributed by atoms with E-state index in [1.807, 2.05) is 30.3 Å². The van der Waals surface area contributed by atoms with Crippen LogP contribution in [-0.4, -0.2) is 31.2 Å². The Morgan fingerprint density at radius 1 is 1.27 bits per heavy atom. The number of ether oxygens (including phenoxy) is 2. The van der Waals surface area contributed by atoms with Crippen LogP contribution >= 0.6 is 0 Å². The maximum Gasteiger partial charge on any atom is 0.227 e. The molecule has 1 aromatic heterocycles. The van der Waals surface area contributed by atoms with Crippen molar-refractivity contribution in [3.8, 4) is 5.75 Å². The van der Waals surface area contributed by atoms with Gasteiger partial charge in [-0.2, -0.15) is 0 Å². The van der Waals surface area contributed by atoms with Crippen molar-refractivity contribution in [1.29, 1.82) is 0 Å². The molecule has 3 rings (SSSR count). The molecule has 0 aliphatic carbocycles. The monoisotopic (exact) mass is 298 g/mol. The summed E-state index contributed by atoms with van der Waals surface area (Å²) in [6.45, 7) is 0.976. The average molecular weight is 298 g/mol. The Kier molecular flexibility index (Phi) is 4.06. The molecular formula is C17H18N2O3. The number of amides is 1. The molecule has 0 saturated carbocycles. The Hall–Kier alpha value is -2.40. The molecule has 2 aromatic rings. The second-order valence-corrected chi connectivity index (χ2v) is 5.32. The number of benzene rings is 1. The molecular weight excluding hydrogens is 280 g/mol. The minimum absolute atomic E-state index is 0.0934. The van der Waals surface area contributed by atoms with Crippen molar-refractivity contribution in [2.75, 3.05) is 20.3 Å². The lowest BCUT2D eigenvalue weighted by Gasteiger charge is -2.42. The van der Waals surface area contributed by atoms with Crippen LogP contribution in [0.1, 0.15) is 11.3 Å². The Labute approximate surface area is 129 Å². The number of hydrogen-bond acceptors (Lipinski definition) is 4. The third-order valence-corrected chi connectivity index (χ3v) is 3.80. The number of hydrogen-bond donors (Lipinski definition) is 1. The first kappa shape index (κ1) is 14.5. The first-order valence-electron chi connectivity index (χ1n) is 7.16. The lowest BCUT2D eigenvalue weighted by molar-refractivity contribution is -0.133. The Morgan fingerprint density at radius 3 is 2.68 bits per heavy atom. The van der Waals surface area contributed by atoms with Gasteiger partial charge in [-0.3, -0.25) is 9.78 Å². The maximum absolute atomic E-state index is 12.4. The Morgan fingerprint density at radius 2 is 2.05 bits per heavy atom. The molecule has 0 atom stereocenters. The van der Waals surface area contributed by atoms with E-state index in [-0.39, 0.29) is 12.3 Å². The highest BCUT2D eigenvalue weighted by atomic mass is 16.5. The van der Waals surface area contributed by atoms with E-state index in [1.54, 1.807) is 25.4 Å². The molecule has 0 spiro atoms. The molecule has 1 aliphatic heterocycles. The minimum Gasteiger partial charge on any atom is -0.495 e. The van der Waals surface area contributed by atoms with Crippen molar-refractivity contribution < 1.29 is 14.3 Å². The molecule has 5 nitrogen and oxygen atoms in total. The van der Waals surface area contributed by atoms with Gasteiger partial charge in [-0.1, -0.05) is 30.3 Å². The van der Waals surface area contributed by atoms with Gasteiger partial charge in [0.1, 0.15) is 11.3 Å². The molecule has 1 fully saturated rings. The fourth-order valence-corrected chi connectivity index (χ4v) is 2.58. The van der Waals surface area contributed by atoms with Crippen molar-refractivity contribution in [2.24, 2.45) is 0 Å². The van der Waals surface area contributed by atoms with Gasteiger partial charge in [0.25, 0.3) is 0 Å². The Bertz CT molecular complexity index is 654. The first-order valence-corrected chi connectivity index (χ1v) is 7.16. The van der Waals surface area contributed by atoms with Crippen LogP contribution in [0.2, 0.25) is 0 Å². The smallest absolute Gasteiger partial charge is 0.227 e. The highest BCUT2D eigenvalue weighted by molar-refractivity contribution is 5.80. The van der Waals surface area contributed by atoms with Crippen LogP contribution in [0.25, 0.3) is 0 Å². The fourth-order valence-electron chi connectivity index (χ4n) is 2.58. The SMILES string of the molecule is COc1cccnc1CC(=O)NC1(c2ccccc2)COC1. The topological polar surface area (TPSA) is 60.5 Å². The predicted molar refractivity (Wildman–Crippen MR) is 81.6 cm³/mol. The second-order valence-electron chi connectivity index (χ2n) is 5.32. The van der Waals surface area contributed by atoms with Gasteiger partial charge in [0.15, 0.2) is 0 Å². The van der Waals surface area contributed by atoms with Crippen molar-refractivity contribution in [3.05, 3.63) is 59.9 Å². The van der Waals surface area contributed by atoms with E-state index in [4.69, 9.17) is 9.47 Å². The van der Waals surface area contributed by atoms with Crippen molar-refractivity contribution in [2.45, 2.75) is 12.0 Å². The van der Waals surface area contributed by atoms with Crippen LogP contribution in [0.3, 0.4) is 0 Å². The normalized spacial score (nSPS) is 15.7. The highest BCUT2D eigenvalue weighted by Gasteiger charge is 2.41. The van der Waals surface area contributed by atoms with E-state index in [0.717, 1.165) is 5.56 Å². The minimum atomic E-state index is -0.430. The van der Waals surface area contributed by atoms with Crippen LogP contribution in [-0.2, 0) is 21.5 Å². The zero-order valence-corrected chi connectivity index (χ0v) is 12.4. The van der Waals surface area contributed by atoms with Gasteiger partial charge < -0.3 is 14.8 Å². The van der Waals surface area contributed by atoms with Gasteiger partial charge in [-0.05, 0) is 17.7 Å². The van der Waals surface area contributed by atoms with E-state index in [2.05, 4.69) is 10.3 Å². The summed E-state index contributed by atoms with van der Waals surface area (Å²) in [4.78, 5) is 16.6. The molecule has 114 valence electrons. The van der Waals surface area contributed by atoms with Crippen LogP contribution in [0.4, 0.5) is 0 Å². The van der Waals surface area contributed by atoms with Gasteiger partial charge in [-0.15, -0.1) is 0 Å². The number of methoxy groups -OCH3 is 1. The lowest BCUT2D eigenvalue weighted by Crippen LogP contribution is -2.59. The number of aromatic nitrogens is 1. The van der Waals surface area contributed by atoms with E-state index >= 15 is 0 Å². The van der Waals surface area contributed by atoms with Gasteiger partial charge in [0.05, 0.1) is 32.4 Å². The third kappa shape index (κ3) is 2.80. The number of pyridine rings is 1. The maximum atomic E-state index is 12.4. The lowest BCUT2D eigenvalue weighted by atomic mass is 9.87. The molecule has 1 saturated heterocycles. The first-order chi connectivity index (χ1) is 10.7. The summed E-state index contributed by atoms with van der Waals surface area (Å²) in [7, 11) is 1.57. The molecule has 0 radical (unpaired) electrons. The highest BCUT2D eigenvalue weighted by Crippen LogP contribution is 2.29. The number of carbonyl (C=O) groups excluding carboxylic acids is 1. The van der Waals surface area contributed by atoms with Crippen LogP contribution < -0.4 is 10.1 Å². The molecule has 0 unspecified atom stereocenters. The van der Waals surface area contributed by atoms with Crippen LogP contribution in [0, 0.1) is 0 Å². The van der Waals surface area contributed by atoms with Crippen LogP contribution in [0.5, 0.6) is 5.75 Å². The number of nitrogens with zero attached hydrogens (tertiary/aromatic N) is 1. The third-order valence-electron chi connectivity index (χ3n) is 3.80. The number of rotatable bonds is 5. The molecule has 22 heavy (non-hydrogen) atoms. The molecule has 1 N–H and O–H groups in total. The predicted octanol–water partition coefficient (Wildman–Crippen LogP) is 1.67. The van der Waals surface area contributed by atoms with Gasteiger partial charge in [-0.25, -0.2) is 0 Å². The van der Waals surface area contributed by atoms with E-state index in [0.29, 0.717) is 24.7 Å². The largest absolute Gasteiger partial charge is 0.495 e. The number of nitrogens with one attached hydrogen (secondary N) is 1. The molecule has 1 aromatic carbocycles. The zero-order valence-electron chi connectivity index (χ0n) is 12.4. The summed E-state index contributed by atoms with van der Waals surface area (Å²) < 4.78 is 10.6. The van der Waals surface area contributed by atoms with Gasteiger partial charge in [0, 0.05) is 6.20 Å². The fraction of sp³-hybridized carbons (Fsp3) is 0.294. The molecule has 1 amide bonds. The van der Waals surface area contributed by atoms with Crippen LogP contribution in [0.15, 0.2) is 48.7 Å². The molecule has 0 bridgehead atoms. The summed E-state index contributed by atoms with van der Waals surface area (Å²) in [6.07, 6.45) is 1.84. The second kappa shape index (κ2) is 6.15. The Balaban J connectivity index is 1.73. The van der Waals surface area contributed by atoms with Crippen molar-refractivity contribution in [1.82, 2.24) is 10.3 Å². The summed E-state index contributed by atoms with van der Waals surface area (Å²) in [5, 5.41) is 3.09. The zero-order chi connectivity index (χ0) is 15.4. The quantitative estimate of drug-likeness (QED) is 0.912. The van der Waals surface area contributed by atoms with E-state index in [9.17, 15) is 4.79 Å². The van der Waals surface area contributed by atoms with Crippen molar-refractivity contribution >= 4 is 5.91 Å². The summed E-state index contributed by atoms with van der Waals surface area (Å²) in [5.41, 5.74) is 1.26. The molecule has 5 heteroatoms. The molecule has 1 aliphatic rings. The average Bonchev–Trinajstić information content (AvgIpc) is 2.52. The standard InChI is InChI=1S/C17H18N2O3/c1-21-15-8-5-9-18-14(15)10-16(20)19-17(11-22-12-17)13-6-3-2-4-7-13/h2-9H,10-12H2,1H3,(H,19,20). The van der Waals surface area contributed by atoms with Gasteiger partial charge in [0.2, 0.25) is 5.91 Å².